The van der Waals surface area contributed by atoms with Crippen LogP contribution in [0.15, 0.2) is 0 Å². The molecule has 2 N–H and O–H groups in total. The van der Waals surface area contributed by atoms with Crippen LogP contribution in [0.5, 0.6) is 0 Å². The van der Waals surface area contributed by atoms with Crippen molar-refractivity contribution in [3.05, 3.63) is 0 Å². The van der Waals surface area contributed by atoms with Gasteiger partial charge in [-0.2, -0.15) is 0 Å². The van der Waals surface area contributed by atoms with Gasteiger partial charge in [-0.15, -0.1) is 0 Å². The number of Topliss-reactive ketones (excluding diaryl/α,β-unsaturated/α-hetero) is 1. The van der Waals surface area contributed by atoms with Crippen LogP contribution in [0.3, 0.4) is 0 Å². The van der Waals surface area contributed by atoms with Crippen molar-refractivity contribution in [2.24, 2.45) is 5.73 Å². The van der Waals surface area contributed by atoms with E-state index >= 15 is 0 Å². The third-order valence-electron chi connectivity index (χ3n) is 2.58. The molecule has 0 atom stereocenters. The third kappa shape index (κ3) is 3.44. The van der Waals surface area contributed by atoms with Gasteiger partial charge < -0.3 is 10.6 Å². The van der Waals surface area contributed by atoms with Crippen LogP contribution in [-0.4, -0.2) is 36.4 Å². The van der Waals surface area contributed by atoms with Crippen LogP contribution < -0.4 is 5.73 Å². The highest BCUT2D eigenvalue weighted by Gasteiger charge is 2.33. The average molecular weight is 188 g/mol. The Morgan fingerprint density at radius 1 is 1.38 bits per heavy atom. The molecule has 3 heteroatoms. The Hall–Kier alpha value is -0.410. The molecule has 0 radical (unpaired) electrons. The molecule has 13 heavy (non-hydrogen) atoms. The predicted molar refractivity (Wildman–Crippen MR) is 57.8 cm³/mol. The molecule has 3 nitrogen and oxygen atoms in total. The van der Waals surface area contributed by atoms with Crippen LogP contribution in [0.4, 0.5) is 0 Å². The van der Waals surface area contributed by atoms with Gasteiger partial charge in [-0.1, -0.05) is 13.8 Å². The molecule has 1 fully saturated rings. The molecule has 0 saturated carbocycles. The molecule has 0 aromatic heterocycles. The van der Waals surface area contributed by atoms with Crippen molar-refractivity contribution >= 4 is 5.78 Å². The second-order valence-corrected chi connectivity index (χ2v) is 3.52. The lowest BCUT2D eigenvalue weighted by atomic mass is 9.85. The van der Waals surface area contributed by atoms with E-state index < -0.39 is 5.54 Å². The van der Waals surface area contributed by atoms with E-state index in [1.807, 2.05) is 13.8 Å². The summed E-state index contributed by atoms with van der Waals surface area (Å²) in [6, 6.07) is 0. The quantitative estimate of drug-likeness (QED) is 0.674. The van der Waals surface area contributed by atoms with Crippen LogP contribution in [0.25, 0.3) is 0 Å². The van der Waals surface area contributed by atoms with Gasteiger partial charge >= 0.3 is 0 Å². The van der Waals surface area contributed by atoms with E-state index in [9.17, 15) is 4.79 Å². The van der Waals surface area contributed by atoms with E-state index in [2.05, 4.69) is 11.9 Å². The zero-order valence-electron chi connectivity index (χ0n) is 9.26. The maximum absolute atomic E-state index is 11.1. The molecule has 0 bridgehead atoms. The number of likely N-dealkylation sites (tertiary alicyclic amines) is 1. The largest absolute Gasteiger partial charge is 0.319 e. The van der Waals surface area contributed by atoms with Gasteiger partial charge in [-0.05, 0) is 26.8 Å². The summed E-state index contributed by atoms with van der Waals surface area (Å²) in [5, 5.41) is 0. The van der Waals surface area contributed by atoms with Crippen molar-refractivity contribution < 1.29 is 6.22 Å². The number of piperidine rings is 1. The lowest BCUT2D eigenvalue weighted by Crippen LogP contribution is -2.54. The summed E-state index contributed by atoms with van der Waals surface area (Å²) in [6.07, 6.45) is 1.61. The fraction of sp³-hybridized carbons (Fsp3) is 0.900. The van der Waals surface area contributed by atoms with Crippen LogP contribution >= 0.6 is 0 Å². The highest BCUT2D eigenvalue weighted by atomic mass is 16.1. The first-order valence-electron chi connectivity index (χ1n) is 5.03. The molecule has 1 saturated heterocycles. The normalized spacial score (nSPS) is 21.6. The molecule has 0 aromatic rings. The number of ketones is 1. The first kappa shape index (κ1) is 12.6. The van der Waals surface area contributed by atoms with Crippen molar-refractivity contribution in [3.8, 4) is 0 Å². The summed E-state index contributed by atoms with van der Waals surface area (Å²) < 4.78 is 0. The molecular weight excluding hydrogens is 164 g/mol. The van der Waals surface area contributed by atoms with Crippen molar-refractivity contribution in [1.82, 2.24) is 4.90 Å². The number of carbonyl (C=O) groups excluding carboxylic acids is 1. The number of rotatable bonds is 1. The number of hydrogen-bond donors (Lipinski definition) is 1. The van der Waals surface area contributed by atoms with Gasteiger partial charge in [0.1, 0.15) is 5.78 Å². The predicted octanol–water partition coefficient (Wildman–Crippen LogP) is 1.27. The van der Waals surface area contributed by atoms with Crippen LogP contribution in [0, 0.1) is 0 Å². The molecule has 0 spiro atoms. The van der Waals surface area contributed by atoms with Gasteiger partial charge in [0.15, 0.2) is 0 Å². The molecule has 0 unspecified atom stereocenters. The minimum absolute atomic E-state index is 0. The molecule has 80 valence electrons. The van der Waals surface area contributed by atoms with E-state index in [4.69, 9.17) is 5.73 Å². The summed E-state index contributed by atoms with van der Waals surface area (Å²) >= 11 is 0. The molecule has 1 rings (SSSR count). The minimum atomic E-state index is -0.521. The van der Waals surface area contributed by atoms with E-state index in [0.29, 0.717) is 0 Å². The average Bonchev–Trinajstić information content (AvgIpc) is 2.14. The SMILES string of the molecule is CC.CC(=O)C1(N)CCN(C)CC1.[HH]. The number of nitrogens with two attached hydrogens (primary N) is 1. The monoisotopic (exact) mass is 188 g/mol. The van der Waals surface area contributed by atoms with Crippen LogP contribution in [0.1, 0.15) is 35.0 Å². The highest BCUT2D eigenvalue weighted by molar-refractivity contribution is 5.85. The summed E-state index contributed by atoms with van der Waals surface area (Å²) in [5.41, 5.74) is 5.37. The smallest absolute Gasteiger partial charge is 0.149 e. The zero-order valence-corrected chi connectivity index (χ0v) is 9.26. The molecule has 0 amide bonds. The fourth-order valence-corrected chi connectivity index (χ4v) is 1.37. The molecule has 0 aliphatic carbocycles. The van der Waals surface area contributed by atoms with Gasteiger partial charge in [0.05, 0.1) is 5.54 Å². The summed E-state index contributed by atoms with van der Waals surface area (Å²) in [4.78, 5) is 13.3. The van der Waals surface area contributed by atoms with E-state index in [0.717, 1.165) is 25.9 Å². The Labute approximate surface area is 82.8 Å². The molecular formula is C10H24N2O. The van der Waals surface area contributed by atoms with Crippen molar-refractivity contribution in [2.75, 3.05) is 20.1 Å². The maximum Gasteiger partial charge on any atom is 0.149 e. The first-order chi connectivity index (χ1) is 6.04. The van der Waals surface area contributed by atoms with Crippen LogP contribution in [-0.2, 0) is 4.79 Å². The van der Waals surface area contributed by atoms with Crippen molar-refractivity contribution in [3.63, 3.8) is 0 Å². The second kappa shape index (κ2) is 5.35. The zero-order chi connectivity index (χ0) is 10.5. The van der Waals surface area contributed by atoms with Crippen molar-refractivity contribution in [1.29, 1.82) is 0 Å². The number of nitrogens with zero attached hydrogens (tertiary/aromatic N) is 1. The topological polar surface area (TPSA) is 46.3 Å². The molecule has 1 aliphatic rings. The first-order valence-corrected chi connectivity index (χ1v) is 5.03. The van der Waals surface area contributed by atoms with Gasteiger partial charge in [-0.25, -0.2) is 0 Å². The highest BCUT2D eigenvalue weighted by Crippen LogP contribution is 2.19. The van der Waals surface area contributed by atoms with Gasteiger partial charge in [0, 0.05) is 14.5 Å². The Morgan fingerprint density at radius 2 is 1.77 bits per heavy atom. The summed E-state index contributed by atoms with van der Waals surface area (Å²) in [5.74, 6) is 0.130. The maximum atomic E-state index is 11.1. The Balaban J connectivity index is 0. The fourth-order valence-electron chi connectivity index (χ4n) is 1.37. The number of carbonyl (C=O) groups is 1. The summed E-state index contributed by atoms with van der Waals surface area (Å²) in [6.45, 7) is 7.47. The Kier molecular flexibility index (Phi) is 5.18. The lowest BCUT2D eigenvalue weighted by Gasteiger charge is -2.35. The van der Waals surface area contributed by atoms with Gasteiger partial charge in [0.2, 0.25) is 0 Å². The minimum Gasteiger partial charge on any atom is -0.319 e. The second-order valence-electron chi connectivity index (χ2n) is 3.52. The lowest BCUT2D eigenvalue weighted by molar-refractivity contribution is -0.123. The van der Waals surface area contributed by atoms with E-state index in [1.165, 1.54) is 0 Å². The number of hydrogen-bond acceptors (Lipinski definition) is 3. The van der Waals surface area contributed by atoms with E-state index in [1.54, 1.807) is 6.92 Å². The summed E-state index contributed by atoms with van der Waals surface area (Å²) in [7, 11) is 2.06. The molecule has 0 aromatic carbocycles. The van der Waals surface area contributed by atoms with E-state index in [-0.39, 0.29) is 7.21 Å². The van der Waals surface area contributed by atoms with Gasteiger partial charge in [-0.3, -0.25) is 4.79 Å². The molecule has 1 aliphatic heterocycles. The Bertz CT molecular complexity index is 166. The third-order valence-corrected chi connectivity index (χ3v) is 2.58. The van der Waals surface area contributed by atoms with Crippen molar-refractivity contribution in [2.45, 2.75) is 39.2 Å². The van der Waals surface area contributed by atoms with Gasteiger partial charge in [0.25, 0.3) is 0 Å². The molecule has 1 heterocycles. The standard InChI is InChI=1S/C8H16N2O.C2H6.H2/c1-7(11)8(9)3-5-10(2)6-4-8;1-2;/h3-6,9H2,1-2H3;1-2H3;1H. The Morgan fingerprint density at radius 3 is 2.08 bits per heavy atom. The van der Waals surface area contributed by atoms with Crippen LogP contribution in [0.2, 0.25) is 0 Å².